The standard InChI is InChI=1S/C15H13ClN2O2S/c16-11-3-4-12(13(19)8-11)15(20)18-9-14-10(2-1-6-17)5-7-21-14/h3-5,7-8,19H,6,9,17H2,(H,18,20). The quantitative estimate of drug-likeness (QED) is 0.760. The van der Waals surface area contributed by atoms with E-state index in [2.05, 4.69) is 17.2 Å². The highest BCUT2D eigenvalue weighted by Gasteiger charge is 2.12. The van der Waals surface area contributed by atoms with Crippen molar-refractivity contribution in [1.29, 1.82) is 0 Å². The molecular weight excluding hydrogens is 308 g/mol. The van der Waals surface area contributed by atoms with Crippen molar-refractivity contribution >= 4 is 28.8 Å². The van der Waals surface area contributed by atoms with Gasteiger partial charge in [0, 0.05) is 15.5 Å². The summed E-state index contributed by atoms with van der Waals surface area (Å²) in [5, 5.41) is 14.7. The molecule has 0 saturated heterocycles. The smallest absolute Gasteiger partial charge is 0.255 e. The summed E-state index contributed by atoms with van der Waals surface area (Å²) in [6.07, 6.45) is 0. The Kier molecular flexibility index (Phi) is 5.23. The van der Waals surface area contributed by atoms with E-state index in [1.807, 2.05) is 11.4 Å². The Morgan fingerprint density at radius 3 is 2.95 bits per heavy atom. The number of phenols is 1. The van der Waals surface area contributed by atoms with Gasteiger partial charge in [0.15, 0.2) is 0 Å². The summed E-state index contributed by atoms with van der Waals surface area (Å²) < 4.78 is 0. The third-order valence-electron chi connectivity index (χ3n) is 2.68. The molecule has 0 spiro atoms. The molecule has 0 atom stereocenters. The fourth-order valence-electron chi connectivity index (χ4n) is 1.69. The first kappa shape index (κ1) is 15.4. The van der Waals surface area contributed by atoms with Gasteiger partial charge in [-0.2, -0.15) is 0 Å². The number of benzene rings is 1. The Morgan fingerprint density at radius 2 is 2.24 bits per heavy atom. The summed E-state index contributed by atoms with van der Waals surface area (Å²) in [6, 6.07) is 6.25. The summed E-state index contributed by atoms with van der Waals surface area (Å²) in [6.45, 7) is 0.632. The molecule has 1 aromatic carbocycles. The predicted octanol–water partition coefficient (Wildman–Crippen LogP) is 2.35. The molecule has 1 heterocycles. The third kappa shape index (κ3) is 3.99. The molecule has 6 heteroatoms. The molecule has 2 aromatic rings. The molecule has 108 valence electrons. The molecule has 1 amide bonds. The maximum atomic E-state index is 12.0. The van der Waals surface area contributed by atoms with E-state index in [0.717, 1.165) is 10.4 Å². The Hall–Kier alpha value is -2.00. The number of nitrogens with two attached hydrogens (primary N) is 1. The molecule has 0 saturated carbocycles. The van der Waals surface area contributed by atoms with Gasteiger partial charge in [0.25, 0.3) is 5.91 Å². The van der Waals surface area contributed by atoms with Crippen LogP contribution in [0.2, 0.25) is 5.02 Å². The highest BCUT2D eigenvalue weighted by Crippen LogP contribution is 2.22. The molecule has 0 aliphatic rings. The van der Waals surface area contributed by atoms with E-state index in [1.54, 1.807) is 6.07 Å². The van der Waals surface area contributed by atoms with Crippen molar-refractivity contribution in [2.75, 3.05) is 6.54 Å². The minimum atomic E-state index is -0.365. The van der Waals surface area contributed by atoms with Gasteiger partial charge >= 0.3 is 0 Å². The van der Waals surface area contributed by atoms with Crippen molar-refractivity contribution in [1.82, 2.24) is 5.32 Å². The van der Waals surface area contributed by atoms with Crippen molar-refractivity contribution < 1.29 is 9.90 Å². The highest BCUT2D eigenvalue weighted by molar-refractivity contribution is 7.10. The number of hydrogen-bond acceptors (Lipinski definition) is 4. The van der Waals surface area contributed by atoms with Crippen LogP contribution < -0.4 is 11.1 Å². The number of hydrogen-bond donors (Lipinski definition) is 3. The second-order valence-corrected chi connectivity index (χ2v) is 5.54. The monoisotopic (exact) mass is 320 g/mol. The SMILES string of the molecule is NCC#Cc1ccsc1CNC(=O)c1ccc(Cl)cc1O. The second kappa shape index (κ2) is 7.14. The van der Waals surface area contributed by atoms with Crippen LogP contribution in [0.4, 0.5) is 0 Å². The number of carbonyl (C=O) groups is 1. The largest absolute Gasteiger partial charge is 0.507 e. The molecule has 21 heavy (non-hydrogen) atoms. The first-order valence-corrected chi connectivity index (χ1v) is 7.39. The number of carbonyl (C=O) groups excluding carboxylic acids is 1. The third-order valence-corrected chi connectivity index (χ3v) is 3.84. The van der Waals surface area contributed by atoms with Crippen LogP contribution in [-0.4, -0.2) is 17.6 Å². The van der Waals surface area contributed by atoms with Crippen LogP contribution in [0, 0.1) is 11.8 Å². The van der Waals surface area contributed by atoms with Crippen molar-refractivity contribution in [3.05, 3.63) is 50.7 Å². The average molecular weight is 321 g/mol. The number of amides is 1. The Bertz CT molecular complexity index is 716. The van der Waals surface area contributed by atoms with Crippen LogP contribution in [0.1, 0.15) is 20.8 Å². The van der Waals surface area contributed by atoms with Crippen LogP contribution in [-0.2, 0) is 6.54 Å². The molecular formula is C15H13ClN2O2S. The Labute approximate surface area is 131 Å². The van der Waals surface area contributed by atoms with E-state index >= 15 is 0 Å². The van der Waals surface area contributed by atoms with Gasteiger partial charge in [-0.15, -0.1) is 11.3 Å². The normalized spacial score (nSPS) is 9.81. The van der Waals surface area contributed by atoms with Crippen molar-refractivity contribution in [3.63, 3.8) is 0 Å². The molecule has 4 N–H and O–H groups in total. The number of thiophene rings is 1. The number of halogens is 1. The Balaban J connectivity index is 2.06. The summed E-state index contributed by atoms with van der Waals surface area (Å²) in [5.74, 6) is 5.23. The molecule has 0 unspecified atom stereocenters. The maximum absolute atomic E-state index is 12.0. The predicted molar refractivity (Wildman–Crippen MR) is 84.5 cm³/mol. The zero-order valence-electron chi connectivity index (χ0n) is 11.0. The number of phenolic OH excluding ortho intramolecular Hbond substituents is 1. The highest BCUT2D eigenvalue weighted by atomic mass is 35.5. The van der Waals surface area contributed by atoms with Crippen molar-refractivity contribution in [2.45, 2.75) is 6.54 Å². The van der Waals surface area contributed by atoms with Gasteiger partial charge in [0.1, 0.15) is 5.75 Å². The minimum absolute atomic E-state index is 0.144. The summed E-state index contributed by atoms with van der Waals surface area (Å²) >= 11 is 7.24. The fourth-order valence-corrected chi connectivity index (χ4v) is 2.62. The van der Waals surface area contributed by atoms with Gasteiger partial charge in [0.05, 0.1) is 18.7 Å². The lowest BCUT2D eigenvalue weighted by molar-refractivity contribution is 0.0948. The second-order valence-electron chi connectivity index (χ2n) is 4.11. The van der Waals surface area contributed by atoms with E-state index in [-0.39, 0.29) is 17.2 Å². The lowest BCUT2D eigenvalue weighted by Crippen LogP contribution is -2.22. The molecule has 4 nitrogen and oxygen atoms in total. The van der Waals surface area contributed by atoms with Crippen LogP contribution in [0.5, 0.6) is 5.75 Å². The van der Waals surface area contributed by atoms with Gasteiger partial charge in [-0.25, -0.2) is 0 Å². The zero-order valence-corrected chi connectivity index (χ0v) is 12.6. The Morgan fingerprint density at radius 1 is 1.43 bits per heavy atom. The van der Waals surface area contributed by atoms with E-state index in [9.17, 15) is 9.90 Å². The molecule has 0 bridgehead atoms. The lowest BCUT2D eigenvalue weighted by Gasteiger charge is -2.06. The fraction of sp³-hybridized carbons (Fsp3) is 0.133. The average Bonchev–Trinajstić information content (AvgIpc) is 2.90. The van der Waals surface area contributed by atoms with Crippen molar-refractivity contribution in [2.24, 2.45) is 5.73 Å². The maximum Gasteiger partial charge on any atom is 0.255 e. The van der Waals surface area contributed by atoms with Crippen LogP contribution in [0.25, 0.3) is 0 Å². The molecule has 0 fully saturated rings. The molecule has 0 aliphatic carbocycles. The molecule has 0 radical (unpaired) electrons. The summed E-state index contributed by atoms with van der Waals surface area (Å²) in [4.78, 5) is 13.0. The van der Waals surface area contributed by atoms with Crippen LogP contribution >= 0.6 is 22.9 Å². The van der Waals surface area contributed by atoms with Crippen LogP contribution in [0.3, 0.4) is 0 Å². The van der Waals surface area contributed by atoms with E-state index in [0.29, 0.717) is 18.1 Å². The zero-order chi connectivity index (χ0) is 15.2. The summed E-state index contributed by atoms with van der Waals surface area (Å²) in [5.41, 5.74) is 6.38. The summed E-state index contributed by atoms with van der Waals surface area (Å²) in [7, 11) is 0. The number of rotatable bonds is 3. The van der Waals surface area contributed by atoms with Crippen molar-refractivity contribution in [3.8, 4) is 17.6 Å². The van der Waals surface area contributed by atoms with Gasteiger partial charge in [0.2, 0.25) is 0 Å². The minimum Gasteiger partial charge on any atom is -0.507 e. The molecule has 2 rings (SSSR count). The molecule has 0 aliphatic heterocycles. The van der Waals surface area contributed by atoms with Gasteiger partial charge in [-0.3, -0.25) is 4.79 Å². The first-order valence-electron chi connectivity index (χ1n) is 6.14. The molecule has 1 aromatic heterocycles. The van der Waals surface area contributed by atoms with E-state index in [4.69, 9.17) is 17.3 Å². The van der Waals surface area contributed by atoms with Gasteiger partial charge < -0.3 is 16.2 Å². The number of nitrogens with one attached hydrogen (secondary N) is 1. The van der Waals surface area contributed by atoms with E-state index in [1.165, 1.54) is 23.5 Å². The first-order chi connectivity index (χ1) is 10.1. The lowest BCUT2D eigenvalue weighted by atomic mass is 10.2. The van der Waals surface area contributed by atoms with Gasteiger partial charge in [-0.1, -0.05) is 23.4 Å². The van der Waals surface area contributed by atoms with E-state index < -0.39 is 0 Å². The number of aromatic hydroxyl groups is 1. The van der Waals surface area contributed by atoms with Gasteiger partial charge in [-0.05, 0) is 29.6 Å². The topological polar surface area (TPSA) is 75.3 Å². The van der Waals surface area contributed by atoms with Crippen LogP contribution in [0.15, 0.2) is 29.6 Å².